The molecule has 3 heteroatoms. The lowest BCUT2D eigenvalue weighted by atomic mass is 9.76. The second kappa shape index (κ2) is 4.58. The van der Waals surface area contributed by atoms with Gasteiger partial charge in [-0.05, 0) is 12.3 Å². The molecular formula is C11H23N3. The molecule has 1 unspecified atom stereocenters. The van der Waals surface area contributed by atoms with Gasteiger partial charge in [0.05, 0.1) is 6.21 Å². The highest BCUT2D eigenvalue weighted by Gasteiger charge is 2.36. The lowest BCUT2D eigenvalue weighted by molar-refractivity contribution is 0.280. The highest BCUT2D eigenvalue weighted by Crippen LogP contribution is 2.32. The second-order valence-electron chi connectivity index (χ2n) is 4.46. The van der Waals surface area contributed by atoms with Crippen LogP contribution >= 0.6 is 0 Å². The zero-order valence-electron chi connectivity index (χ0n) is 10.5. The molecule has 1 aliphatic rings. The highest BCUT2D eigenvalue weighted by molar-refractivity contribution is 5.77. The van der Waals surface area contributed by atoms with Crippen LogP contribution in [0.25, 0.3) is 0 Å². The van der Waals surface area contributed by atoms with Crippen LogP contribution in [-0.4, -0.2) is 30.1 Å². The standard InChI is InChI=1S/C9H17N3.C2H6/c1-8(2,3)9(4)6-11-12(5)7-10-9;1-2/h6-7H,1-5H3;1-2H3. The predicted molar refractivity (Wildman–Crippen MR) is 64.0 cm³/mol. The van der Waals surface area contributed by atoms with E-state index in [1.54, 1.807) is 11.3 Å². The zero-order valence-corrected chi connectivity index (χ0v) is 10.5. The molecule has 0 saturated carbocycles. The van der Waals surface area contributed by atoms with E-state index in [2.05, 4.69) is 37.8 Å². The average molecular weight is 197 g/mol. The molecule has 0 radical (unpaired) electrons. The van der Waals surface area contributed by atoms with E-state index in [0.717, 1.165) is 0 Å². The van der Waals surface area contributed by atoms with Crippen molar-refractivity contribution in [3.8, 4) is 0 Å². The Morgan fingerprint density at radius 1 is 1.21 bits per heavy atom. The fraction of sp³-hybridized carbons (Fsp3) is 0.818. The Labute approximate surface area is 87.9 Å². The summed E-state index contributed by atoms with van der Waals surface area (Å²) < 4.78 is 0. The molecule has 1 atom stereocenters. The van der Waals surface area contributed by atoms with Crippen LogP contribution in [0.5, 0.6) is 0 Å². The van der Waals surface area contributed by atoms with Crippen LogP contribution in [0.15, 0.2) is 10.1 Å². The molecule has 0 spiro atoms. The summed E-state index contributed by atoms with van der Waals surface area (Å²) in [7, 11) is 1.88. The SMILES string of the molecule is CC.CN1C=NC(C)(C(C)(C)C)C=N1. The van der Waals surface area contributed by atoms with E-state index in [9.17, 15) is 0 Å². The third kappa shape index (κ3) is 2.82. The van der Waals surface area contributed by atoms with Gasteiger partial charge in [0.15, 0.2) is 0 Å². The molecule has 0 aromatic carbocycles. The van der Waals surface area contributed by atoms with E-state index in [0.29, 0.717) is 0 Å². The number of aliphatic imine (C=N–C) groups is 1. The molecule has 1 heterocycles. The van der Waals surface area contributed by atoms with E-state index >= 15 is 0 Å². The van der Waals surface area contributed by atoms with E-state index in [1.807, 2.05) is 27.1 Å². The molecule has 82 valence electrons. The summed E-state index contributed by atoms with van der Waals surface area (Å²) in [5.74, 6) is 0. The van der Waals surface area contributed by atoms with Crippen molar-refractivity contribution in [3.63, 3.8) is 0 Å². The minimum absolute atomic E-state index is 0.119. The van der Waals surface area contributed by atoms with Crippen LogP contribution in [-0.2, 0) is 0 Å². The molecule has 1 aliphatic heterocycles. The molecule has 0 amide bonds. The van der Waals surface area contributed by atoms with Crippen LogP contribution in [0.1, 0.15) is 41.5 Å². The summed E-state index contributed by atoms with van der Waals surface area (Å²) in [6.45, 7) is 12.6. The fourth-order valence-electron chi connectivity index (χ4n) is 0.857. The van der Waals surface area contributed by atoms with E-state index in [4.69, 9.17) is 0 Å². The van der Waals surface area contributed by atoms with Crippen molar-refractivity contribution in [2.24, 2.45) is 15.5 Å². The molecule has 0 aromatic rings. The third-order valence-corrected chi connectivity index (χ3v) is 2.50. The molecule has 0 saturated heterocycles. The minimum Gasteiger partial charge on any atom is -0.261 e. The smallest absolute Gasteiger partial charge is 0.107 e. The summed E-state index contributed by atoms with van der Waals surface area (Å²) in [6.07, 6.45) is 3.68. The van der Waals surface area contributed by atoms with Gasteiger partial charge in [-0.2, -0.15) is 5.10 Å². The monoisotopic (exact) mass is 197 g/mol. The zero-order chi connectivity index (χ0) is 11.4. The summed E-state index contributed by atoms with van der Waals surface area (Å²) in [6, 6.07) is 0. The Morgan fingerprint density at radius 2 is 1.71 bits per heavy atom. The predicted octanol–water partition coefficient (Wildman–Crippen LogP) is 2.78. The third-order valence-electron chi connectivity index (χ3n) is 2.50. The van der Waals surface area contributed by atoms with Gasteiger partial charge in [-0.15, -0.1) is 0 Å². The van der Waals surface area contributed by atoms with Crippen molar-refractivity contribution in [1.29, 1.82) is 0 Å². The molecule has 0 aromatic heterocycles. The van der Waals surface area contributed by atoms with Crippen LogP contribution in [0.4, 0.5) is 0 Å². The first kappa shape index (κ1) is 13.1. The van der Waals surface area contributed by atoms with Gasteiger partial charge in [0.25, 0.3) is 0 Å². The Kier molecular flexibility index (Phi) is 4.30. The number of hydrogen-bond donors (Lipinski definition) is 0. The summed E-state index contributed by atoms with van der Waals surface area (Å²) in [4.78, 5) is 4.47. The Balaban J connectivity index is 0.000000791. The largest absolute Gasteiger partial charge is 0.261 e. The Hall–Kier alpha value is -0.860. The maximum absolute atomic E-state index is 4.47. The molecule has 1 rings (SSSR count). The lowest BCUT2D eigenvalue weighted by Crippen LogP contribution is -2.42. The van der Waals surface area contributed by atoms with Crippen LogP contribution < -0.4 is 0 Å². The maximum Gasteiger partial charge on any atom is 0.107 e. The first-order valence-electron chi connectivity index (χ1n) is 5.18. The normalized spacial score (nSPS) is 25.8. The molecule has 0 N–H and O–H groups in total. The van der Waals surface area contributed by atoms with E-state index in [-0.39, 0.29) is 11.0 Å². The summed E-state index contributed by atoms with van der Waals surface area (Å²) in [5.41, 5.74) is -0.0478. The summed E-state index contributed by atoms with van der Waals surface area (Å²) >= 11 is 0. The topological polar surface area (TPSA) is 28.0 Å². The Bertz CT molecular complexity index is 209. The quantitative estimate of drug-likeness (QED) is 0.587. The number of hydrazone groups is 1. The molecule has 0 aliphatic carbocycles. The second-order valence-corrected chi connectivity index (χ2v) is 4.46. The molecule has 0 bridgehead atoms. The van der Waals surface area contributed by atoms with Crippen LogP contribution in [0.3, 0.4) is 0 Å². The number of nitrogens with zero attached hydrogens (tertiary/aromatic N) is 3. The van der Waals surface area contributed by atoms with Crippen molar-refractivity contribution in [3.05, 3.63) is 0 Å². The molecule has 3 nitrogen and oxygen atoms in total. The van der Waals surface area contributed by atoms with Gasteiger partial charge in [0.1, 0.15) is 11.9 Å². The Morgan fingerprint density at radius 3 is 2.00 bits per heavy atom. The van der Waals surface area contributed by atoms with Gasteiger partial charge in [-0.1, -0.05) is 34.6 Å². The first-order valence-corrected chi connectivity index (χ1v) is 5.18. The van der Waals surface area contributed by atoms with Crippen molar-refractivity contribution >= 4 is 12.6 Å². The van der Waals surface area contributed by atoms with Gasteiger partial charge in [0, 0.05) is 7.05 Å². The van der Waals surface area contributed by atoms with Gasteiger partial charge in [-0.3, -0.25) is 10.0 Å². The maximum atomic E-state index is 4.47. The lowest BCUT2D eigenvalue weighted by Gasteiger charge is -2.37. The average Bonchev–Trinajstić information content (AvgIpc) is 2.12. The molecule has 14 heavy (non-hydrogen) atoms. The highest BCUT2D eigenvalue weighted by atomic mass is 15.5. The summed E-state index contributed by atoms with van der Waals surface area (Å²) in [5, 5.41) is 5.92. The first-order chi connectivity index (χ1) is 6.35. The van der Waals surface area contributed by atoms with Gasteiger partial charge in [0.2, 0.25) is 0 Å². The van der Waals surface area contributed by atoms with Crippen LogP contribution in [0, 0.1) is 5.41 Å². The van der Waals surface area contributed by atoms with E-state index < -0.39 is 0 Å². The van der Waals surface area contributed by atoms with E-state index in [1.165, 1.54) is 0 Å². The molecular weight excluding hydrogens is 174 g/mol. The van der Waals surface area contributed by atoms with Crippen LogP contribution in [0.2, 0.25) is 0 Å². The van der Waals surface area contributed by atoms with Crippen molar-refractivity contribution in [2.45, 2.75) is 47.1 Å². The van der Waals surface area contributed by atoms with Gasteiger partial charge < -0.3 is 0 Å². The number of hydrogen-bond acceptors (Lipinski definition) is 3. The minimum atomic E-state index is -0.167. The fourth-order valence-corrected chi connectivity index (χ4v) is 0.857. The number of rotatable bonds is 0. The van der Waals surface area contributed by atoms with Crippen molar-refractivity contribution in [2.75, 3.05) is 7.05 Å². The van der Waals surface area contributed by atoms with Gasteiger partial charge in [-0.25, -0.2) is 0 Å². The molecule has 0 fully saturated rings. The van der Waals surface area contributed by atoms with Crippen molar-refractivity contribution in [1.82, 2.24) is 5.01 Å². The van der Waals surface area contributed by atoms with Crippen molar-refractivity contribution < 1.29 is 0 Å². The van der Waals surface area contributed by atoms with Gasteiger partial charge >= 0.3 is 0 Å².